The molecule has 4 rings (SSSR count). The van der Waals surface area contributed by atoms with Gasteiger partial charge in [0, 0.05) is 30.9 Å². The lowest BCUT2D eigenvalue weighted by Crippen LogP contribution is -2.26. The molecule has 1 atom stereocenters. The third kappa shape index (κ3) is 3.89. The van der Waals surface area contributed by atoms with Crippen molar-refractivity contribution in [3.63, 3.8) is 0 Å². The number of ether oxygens (including phenoxy) is 1. The van der Waals surface area contributed by atoms with E-state index in [1.54, 1.807) is 17.2 Å². The zero-order valence-corrected chi connectivity index (χ0v) is 16.3. The Hall–Kier alpha value is -3.48. The highest BCUT2D eigenvalue weighted by Crippen LogP contribution is 2.26. The molecule has 2 aromatic heterocycles. The molecule has 3 heterocycles. The summed E-state index contributed by atoms with van der Waals surface area (Å²) >= 11 is 0. The number of aryl methyl sites for hydroxylation is 2. The van der Waals surface area contributed by atoms with Gasteiger partial charge in [-0.25, -0.2) is 4.98 Å². The minimum Gasteiger partial charge on any atom is -0.459 e. The van der Waals surface area contributed by atoms with E-state index in [1.807, 2.05) is 44.2 Å². The predicted molar refractivity (Wildman–Crippen MR) is 108 cm³/mol. The van der Waals surface area contributed by atoms with Crippen LogP contribution in [0.4, 0.5) is 5.69 Å². The van der Waals surface area contributed by atoms with Gasteiger partial charge in [0.15, 0.2) is 0 Å². The number of hydrogen-bond donors (Lipinski definition) is 0. The second kappa shape index (κ2) is 7.50. The van der Waals surface area contributed by atoms with Gasteiger partial charge in [-0.3, -0.25) is 18.8 Å². The molecule has 0 aliphatic carbocycles. The van der Waals surface area contributed by atoms with Crippen LogP contribution in [0.3, 0.4) is 0 Å². The predicted octanol–water partition coefficient (Wildman–Crippen LogP) is 2.41. The minimum absolute atomic E-state index is 0.103. The number of amides is 1. The average Bonchev–Trinajstić information content (AvgIpc) is 3.09. The molecule has 1 fully saturated rings. The van der Waals surface area contributed by atoms with Crippen LogP contribution in [0.1, 0.15) is 23.2 Å². The second-order valence-corrected chi connectivity index (χ2v) is 7.37. The molecule has 0 bridgehead atoms. The molecule has 0 unspecified atom stereocenters. The highest BCUT2D eigenvalue weighted by molar-refractivity contribution is 5.99. The Labute approximate surface area is 167 Å². The van der Waals surface area contributed by atoms with Crippen LogP contribution in [-0.2, 0) is 20.9 Å². The van der Waals surface area contributed by atoms with Gasteiger partial charge in [-0.15, -0.1) is 0 Å². The number of carbonyl (C=O) groups is 2. The van der Waals surface area contributed by atoms with E-state index in [0.717, 1.165) is 16.8 Å². The molecular weight excluding hydrogens is 370 g/mol. The van der Waals surface area contributed by atoms with Crippen molar-refractivity contribution in [3.05, 3.63) is 75.8 Å². The summed E-state index contributed by atoms with van der Waals surface area (Å²) in [6, 6.07) is 12.6. The monoisotopic (exact) mass is 391 g/mol. The van der Waals surface area contributed by atoms with Crippen LogP contribution in [-0.4, -0.2) is 27.8 Å². The molecule has 0 radical (unpaired) electrons. The van der Waals surface area contributed by atoms with Gasteiger partial charge >= 0.3 is 5.97 Å². The van der Waals surface area contributed by atoms with Crippen molar-refractivity contribution >= 4 is 23.2 Å². The number of rotatable bonds is 4. The third-order valence-corrected chi connectivity index (χ3v) is 5.03. The Bertz CT molecular complexity index is 1150. The molecule has 0 saturated carbocycles. The molecule has 7 heteroatoms. The number of carbonyl (C=O) groups excluding carboxylic acids is 2. The number of hydrogen-bond acceptors (Lipinski definition) is 5. The lowest BCUT2D eigenvalue weighted by atomic mass is 10.1. The van der Waals surface area contributed by atoms with E-state index < -0.39 is 11.9 Å². The first-order valence-corrected chi connectivity index (χ1v) is 9.43. The summed E-state index contributed by atoms with van der Waals surface area (Å²) in [6.45, 7) is 4.05. The van der Waals surface area contributed by atoms with E-state index in [1.165, 1.54) is 10.5 Å². The van der Waals surface area contributed by atoms with Crippen molar-refractivity contribution in [1.82, 2.24) is 9.38 Å². The maximum absolute atomic E-state index is 12.5. The van der Waals surface area contributed by atoms with E-state index in [2.05, 4.69) is 4.98 Å². The van der Waals surface area contributed by atoms with Crippen LogP contribution >= 0.6 is 0 Å². The maximum Gasteiger partial charge on any atom is 0.311 e. The van der Waals surface area contributed by atoms with Crippen LogP contribution < -0.4 is 10.5 Å². The van der Waals surface area contributed by atoms with E-state index in [9.17, 15) is 14.4 Å². The molecule has 29 heavy (non-hydrogen) atoms. The van der Waals surface area contributed by atoms with Gasteiger partial charge in [-0.1, -0.05) is 23.8 Å². The molecule has 1 aromatic carbocycles. The van der Waals surface area contributed by atoms with Crippen molar-refractivity contribution in [1.29, 1.82) is 0 Å². The van der Waals surface area contributed by atoms with Gasteiger partial charge in [0.05, 0.1) is 11.6 Å². The summed E-state index contributed by atoms with van der Waals surface area (Å²) in [7, 11) is 0. The summed E-state index contributed by atoms with van der Waals surface area (Å²) in [6.07, 6.45) is 1.82. The van der Waals surface area contributed by atoms with E-state index in [4.69, 9.17) is 4.74 Å². The Morgan fingerprint density at radius 2 is 1.83 bits per heavy atom. The Kier molecular flexibility index (Phi) is 4.88. The minimum atomic E-state index is -0.534. The number of esters is 1. The first-order chi connectivity index (χ1) is 13.9. The van der Waals surface area contributed by atoms with Crippen LogP contribution in [0.5, 0.6) is 0 Å². The molecule has 1 aliphatic rings. The molecule has 1 amide bonds. The lowest BCUT2D eigenvalue weighted by molar-refractivity contribution is -0.149. The number of pyridine rings is 1. The number of nitrogens with zero attached hydrogens (tertiary/aromatic N) is 3. The molecule has 148 valence electrons. The summed E-state index contributed by atoms with van der Waals surface area (Å²) < 4.78 is 6.82. The topological polar surface area (TPSA) is 81.0 Å². The molecule has 1 aliphatic heterocycles. The summed E-state index contributed by atoms with van der Waals surface area (Å²) in [5.41, 5.74) is 3.47. The standard InChI is InChI=1S/C22H21N3O4/c1-14-3-6-18(7-4-14)24-12-16(9-20(24)26)22(28)29-13-17-10-21(27)25-11-15(2)5-8-19(25)23-17/h3-8,10-11,16H,9,12-13H2,1-2H3/t16-/m1/s1. The summed E-state index contributed by atoms with van der Waals surface area (Å²) in [5.74, 6) is -1.10. The first kappa shape index (κ1) is 18.9. The molecular formula is C22H21N3O4. The van der Waals surface area contributed by atoms with Crippen LogP contribution in [0.2, 0.25) is 0 Å². The van der Waals surface area contributed by atoms with Crippen LogP contribution in [0, 0.1) is 19.8 Å². The molecule has 7 nitrogen and oxygen atoms in total. The fourth-order valence-corrected chi connectivity index (χ4v) is 3.43. The van der Waals surface area contributed by atoms with Crippen LogP contribution in [0.25, 0.3) is 5.65 Å². The smallest absolute Gasteiger partial charge is 0.311 e. The fourth-order valence-electron chi connectivity index (χ4n) is 3.43. The number of fused-ring (bicyclic) bond motifs is 1. The van der Waals surface area contributed by atoms with Gasteiger partial charge in [-0.2, -0.15) is 0 Å². The second-order valence-electron chi connectivity index (χ2n) is 7.37. The van der Waals surface area contributed by atoms with Gasteiger partial charge in [-0.05, 0) is 37.6 Å². The highest BCUT2D eigenvalue weighted by atomic mass is 16.5. The van der Waals surface area contributed by atoms with Gasteiger partial charge < -0.3 is 9.64 Å². The lowest BCUT2D eigenvalue weighted by Gasteiger charge is -2.16. The summed E-state index contributed by atoms with van der Waals surface area (Å²) in [4.78, 5) is 43.0. The van der Waals surface area contributed by atoms with Crippen molar-refractivity contribution < 1.29 is 14.3 Å². The first-order valence-electron chi connectivity index (χ1n) is 9.43. The van der Waals surface area contributed by atoms with Gasteiger partial charge in [0.1, 0.15) is 12.3 Å². The van der Waals surface area contributed by atoms with E-state index >= 15 is 0 Å². The van der Waals surface area contributed by atoms with Gasteiger partial charge in [0.2, 0.25) is 5.91 Å². The molecule has 0 N–H and O–H groups in total. The summed E-state index contributed by atoms with van der Waals surface area (Å²) in [5, 5.41) is 0. The van der Waals surface area contributed by atoms with Gasteiger partial charge in [0.25, 0.3) is 5.56 Å². The molecule has 3 aromatic rings. The Morgan fingerprint density at radius 3 is 2.59 bits per heavy atom. The third-order valence-electron chi connectivity index (χ3n) is 5.03. The SMILES string of the molecule is Cc1ccc(N2C[C@H](C(=O)OCc3cc(=O)n4cc(C)ccc4n3)CC2=O)cc1. The fraction of sp³-hybridized carbons (Fsp3) is 0.273. The zero-order chi connectivity index (χ0) is 20.5. The largest absolute Gasteiger partial charge is 0.459 e. The van der Waals surface area contributed by atoms with Crippen LogP contribution in [0.15, 0.2) is 53.5 Å². The van der Waals surface area contributed by atoms with Crippen molar-refractivity contribution in [2.24, 2.45) is 5.92 Å². The normalized spacial score (nSPS) is 16.4. The van der Waals surface area contributed by atoms with Crippen molar-refractivity contribution in [3.8, 4) is 0 Å². The molecule has 1 saturated heterocycles. The average molecular weight is 391 g/mol. The zero-order valence-electron chi connectivity index (χ0n) is 16.3. The Balaban J connectivity index is 1.43. The number of aromatic nitrogens is 2. The van der Waals surface area contributed by atoms with E-state index in [0.29, 0.717) is 11.3 Å². The highest BCUT2D eigenvalue weighted by Gasteiger charge is 2.36. The quantitative estimate of drug-likeness (QED) is 0.638. The van der Waals surface area contributed by atoms with Crippen molar-refractivity contribution in [2.75, 3.05) is 11.4 Å². The Morgan fingerprint density at radius 1 is 1.10 bits per heavy atom. The number of anilines is 1. The van der Waals surface area contributed by atoms with E-state index in [-0.39, 0.29) is 31.0 Å². The number of benzene rings is 1. The molecule has 0 spiro atoms. The maximum atomic E-state index is 12.5. The van der Waals surface area contributed by atoms with Crippen molar-refractivity contribution in [2.45, 2.75) is 26.9 Å².